The normalized spacial score (nSPS) is 22.3. The van der Waals surface area contributed by atoms with Gasteiger partial charge >= 0.3 is 0 Å². The van der Waals surface area contributed by atoms with E-state index >= 15 is 0 Å². The molecule has 2 bridgehead atoms. The quantitative estimate of drug-likeness (QED) is 0.818. The second-order valence-electron chi connectivity index (χ2n) is 6.39. The van der Waals surface area contributed by atoms with Crippen molar-refractivity contribution in [3.63, 3.8) is 0 Å². The Hall–Kier alpha value is -2.14. The van der Waals surface area contributed by atoms with E-state index in [2.05, 4.69) is 16.3 Å². The maximum absolute atomic E-state index is 12.2. The lowest BCUT2D eigenvalue weighted by Crippen LogP contribution is -2.51. The van der Waals surface area contributed by atoms with Gasteiger partial charge in [-0.1, -0.05) is 24.3 Å². The van der Waals surface area contributed by atoms with E-state index in [4.69, 9.17) is 12.2 Å². The van der Waals surface area contributed by atoms with Crippen LogP contribution in [0.15, 0.2) is 53.3 Å². The van der Waals surface area contributed by atoms with Gasteiger partial charge in [-0.15, -0.1) is 0 Å². The van der Waals surface area contributed by atoms with Gasteiger partial charge in [0.2, 0.25) is 0 Å². The molecule has 2 aliphatic heterocycles. The van der Waals surface area contributed by atoms with Gasteiger partial charge in [-0.3, -0.25) is 4.79 Å². The molecule has 0 spiro atoms. The number of para-hydroxylation sites is 1. The molecule has 4 rings (SSSR count). The molecule has 0 saturated carbocycles. The molecular formula is C18H19N3OS. The third-order valence-corrected chi connectivity index (χ3v) is 5.12. The summed E-state index contributed by atoms with van der Waals surface area (Å²) in [5.41, 5.74) is 2.28. The molecule has 23 heavy (non-hydrogen) atoms. The molecule has 4 nitrogen and oxygen atoms in total. The number of likely N-dealkylation sites (tertiary alicyclic amines) is 1. The molecule has 0 radical (unpaired) electrons. The Labute approximate surface area is 140 Å². The zero-order chi connectivity index (χ0) is 15.8. The molecule has 5 heteroatoms. The fourth-order valence-electron chi connectivity index (χ4n) is 3.82. The minimum Gasteiger partial charge on any atom is -0.347 e. The highest BCUT2D eigenvalue weighted by Crippen LogP contribution is 2.33. The first kappa shape index (κ1) is 14.5. The Morgan fingerprint density at radius 2 is 1.91 bits per heavy atom. The molecule has 3 heterocycles. The summed E-state index contributed by atoms with van der Waals surface area (Å²) in [4.78, 5) is 14.4. The fraction of sp³-hybridized carbons (Fsp3) is 0.333. The van der Waals surface area contributed by atoms with E-state index in [1.54, 1.807) is 6.07 Å². The van der Waals surface area contributed by atoms with Gasteiger partial charge in [-0.2, -0.15) is 0 Å². The van der Waals surface area contributed by atoms with Crippen LogP contribution in [0.25, 0.3) is 0 Å². The molecule has 2 unspecified atom stereocenters. The lowest BCUT2D eigenvalue weighted by atomic mass is 9.86. The first-order valence-electron chi connectivity index (χ1n) is 8.02. The van der Waals surface area contributed by atoms with E-state index < -0.39 is 0 Å². The number of aromatic nitrogens is 1. The van der Waals surface area contributed by atoms with Crippen LogP contribution in [0, 0.1) is 5.92 Å². The highest BCUT2D eigenvalue weighted by molar-refractivity contribution is 7.80. The zero-order valence-corrected chi connectivity index (χ0v) is 13.6. The van der Waals surface area contributed by atoms with Gasteiger partial charge in [0.25, 0.3) is 5.56 Å². The number of anilines is 1. The summed E-state index contributed by atoms with van der Waals surface area (Å²) in [6, 6.07) is 15.8. The third-order valence-electron chi connectivity index (χ3n) is 4.76. The summed E-state index contributed by atoms with van der Waals surface area (Å²) in [6.07, 6.45) is 2.03. The standard InChI is InChI=1S/C18H19N3OS/c22-17-8-4-7-15-9-13-10-16(21(15)17)12-20(11-13)18(23)19-14-5-2-1-3-6-14/h1-8,13,16H,9-12H2,(H,19,23). The minimum absolute atomic E-state index is 0.106. The van der Waals surface area contributed by atoms with Crippen LogP contribution in [-0.4, -0.2) is 27.7 Å². The number of hydrogen-bond acceptors (Lipinski definition) is 2. The monoisotopic (exact) mass is 325 g/mol. The first-order valence-corrected chi connectivity index (χ1v) is 8.43. The van der Waals surface area contributed by atoms with E-state index in [0.717, 1.165) is 36.7 Å². The summed E-state index contributed by atoms with van der Waals surface area (Å²) in [5, 5.41) is 4.06. The smallest absolute Gasteiger partial charge is 0.251 e. The number of nitrogens with zero attached hydrogens (tertiary/aromatic N) is 2. The Morgan fingerprint density at radius 3 is 2.74 bits per heavy atom. The van der Waals surface area contributed by atoms with E-state index in [0.29, 0.717) is 5.92 Å². The summed E-state index contributed by atoms with van der Waals surface area (Å²) < 4.78 is 1.97. The molecule has 1 fully saturated rings. The van der Waals surface area contributed by atoms with Gasteiger partial charge in [0.05, 0.1) is 6.04 Å². The molecule has 2 aromatic rings. The van der Waals surface area contributed by atoms with E-state index in [9.17, 15) is 4.79 Å². The number of rotatable bonds is 1. The molecule has 0 amide bonds. The van der Waals surface area contributed by atoms with Crippen molar-refractivity contribution >= 4 is 23.0 Å². The second kappa shape index (κ2) is 5.81. The summed E-state index contributed by atoms with van der Waals surface area (Å²) in [7, 11) is 0. The molecule has 118 valence electrons. The van der Waals surface area contributed by atoms with Crippen LogP contribution in [0.4, 0.5) is 5.69 Å². The molecule has 2 aliphatic rings. The van der Waals surface area contributed by atoms with Crippen molar-refractivity contribution in [3.8, 4) is 0 Å². The third kappa shape index (κ3) is 2.77. The van der Waals surface area contributed by atoms with Crippen LogP contribution in [-0.2, 0) is 6.42 Å². The van der Waals surface area contributed by atoms with E-state index in [1.807, 2.05) is 41.0 Å². The van der Waals surface area contributed by atoms with Crippen LogP contribution in [0.2, 0.25) is 0 Å². The Bertz CT molecular complexity index is 786. The lowest BCUT2D eigenvalue weighted by molar-refractivity contribution is 0.163. The van der Waals surface area contributed by atoms with Crippen molar-refractivity contribution in [1.29, 1.82) is 0 Å². The highest BCUT2D eigenvalue weighted by atomic mass is 32.1. The van der Waals surface area contributed by atoms with Crippen molar-refractivity contribution in [1.82, 2.24) is 9.47 Å². The largest absolute Gasteiger partial charge is 0.347 e. The van der Waals surface area contributed by atoms with E-state index in [1.165, 1.54) is 5.69 Å². The van der Waals surface area contributed by atoms with Crippen molar-refractivity contribution in [2.75, 3.05) is 18.4 Å². The highest BCUT2D eigenvalue weighted by Gasteiger charge is 2.35. The average molecular weight is 325 g/mol. The Kier molecular flexibility index (Phi) is 3.65. The van der Waals surface area contributed by atoms with Crippen LogP contribution < -0.4 is 10.9 Å². The molecular weight excluding hydrogens is 306 g/mol. The fourth-order valence-corrected chi connectivity index (χ4v) is 4.09. The van der Waals surface area contributed by atoms with Crippen LogP contribution in [0.3, 0.4) is 0 Å². The summed E-state index contributed by atoms with van der Waals surface area (Å²) >= 11 is 5.59. The number of hydrogen-bond donors (Lipinski definition) is 1. The van der Waals surface area contributed by atoms with Gasteiger partial charge in [-0.05, 0) is 49.2 Å². The topological polar surface area (TPSA) is 37.3 Å². The van der Waals surface area contributed by atoms with Gasteiger partial charge in [0, 0.05) is 30.5 Å². The SMILES string of the molecule is O=c1cccc2n1C1CC(C2)CN(C(=S)Nc2ccccc2)C1. The van der Waals surface area contributed by atoms with Gasteiger partial charge in [0.1, 0.15) is 0 Å². The maximum Gasteiger partial charge on any atom is 0.251 e. The average Bonchev–Trinajstić information content (AvgIpc) is 2.55. The molecule has 0 aliphatic carbocycles. The summed E-state index contributed by atoms with van der Waals surface area (Å²) in [6.45, 7) is 1.75. The zero-order valence-electron chi connectivity index (χ0n) is 12.8. The van der Waals surface area contributed by atoms with Gasteiger partial charge < -0.3 is 14.8 Å². The summed E-state index contributed by atoms with van der Waals surface area (Å²) in [5.74, 6) is 0.561. The number of piperidine rings is 1. The number of pyridine rings is 1. The Balaban J connectivity index is 1.55. The molecule has 1 aromatic heterocycles. The van der Waals surface area contributed by atoms with Crippen LogP contribution >= 0.6 is 12.2 Å². The predicted octanol–water partition coefficient (Wildman–Crippen LogP) is 2.66. The van der Waals surface area contributed by atoms with Crippen molar-refractivity contribution in [2.45, 2.75) is 18.9 Å². The van der Waals surface area contributed by atoms with Crippen LogP contribution in [0.5, 0.6) is 0 Å². The molecule has 1 saturated heterocycles. The number of thiocarbonyl (C=S) groups is 1. The van der Waals surface area contributed by atoms with Crippen molar-refractivity contribution in [2.24, 2.45) is 5.92 Å². The van der Waals surface area contributed by atoms with E-state index in [-0.39, 0.29) is 11.6 Å². The van der Waals surface area contributed by atoms with Crippen molar-refractivity contribution in [3.05, 3.63) is 64.6 Å². The minimum atomic E-state index is 0.106. The first-order chi connectivity index (χ1) is 11.2. The van der Waals surface area contributed by atoms with Gasteiger partial charge in [0.15, 0.2) is 5.11 Å². The molecule has 2 atom stereocenters. The Morgan fingerprint density at radius 1 is 1.09 bits per heavy atom. The second-order valence-corrected chi connectivity index (χ2v) is 6.77. The van der Waals surface area contributed by atoms with Crippen LogP contribution in [0.1, 0.15) is 18.2 Å². The predicted molar refractivity (Wildman–Crippen MR) is 95.8 cm³/mol. The molecule has 1 aromatic carbocycles. The van der Waals surface area contributed by atoms with Crippen molar-refractivity contribution < 1.29 is 0 Å². The lowest BCUT2D eigenvalue weighted by Gasteiger charge is -2.44. The maximum atomic E-state index is 12.2. The number of benzene rings is 1. The number of fused-ring (bicyclic) bond motifs is 4. The van der Waals surface area contributed by atoms with Gasteiger partial charge in [-0.25, -0.2) is 0 Å². The number of nitrogens with one attached hydrogen (secondary N) is 1. The molecule has 1 N–H and O–H groups in total.